The molecule has 1 aliphatic rings. The van der Waals surface area contributed by atoms with E-state index in [1.165, 1.54) is 0 Å². The molecule has 1 aliphatic heterocycles. The lowest BCUT2D eigenvalue weighted by atomic mass is 10.1. The first-order valence-electron chi connectivity index (χ1n) is 5.75. The lowest BCUT2D eigenvalue weighted by Gasteiger charge is -2.23. The van der Waals surface area contributed by atoms with Crippen LogP contribution in [0.5, 0.6) is 0 Å². The minimum atomic E-state index is -3.25. The number of nitrogens with zero attached hydrogens (tertiary/aromatic N) is 1. The van der Waals surface area contributed by atoms with Crippen LogP contribution < -0.4 is 10.0 Å². The minimum absolute atomic E-state index is 0.0199. The molecule has 94 valence electrons. The highest BCUT2D eigenvalue weighted by Crippen LogP contribution is 2.07. The van der Waals surface area contributed by atoms with Gasteiger partial charge in [0.05, 0.1) is 5.75 Å². The zero-order valence-electron chi connectivity index (χ0n) is 9.59. The smallest absolute Gasteiger partial charge is 0.216 e. The fourth-order valence-electron chi connectivity index (χ4n) is 1.95. The third-order valence-electron chi connectivity index (χ3n) is 2.75. The summed E-state index contributed by atoms with van der Waals surface area (Å²) in [6.45, 7) is 1.69. The molecule has 0 bridgehead atoms. The van der Waals surface area contributed by atoms with E-state index in [9.17, 15) is 8.42 Å². The molecule has 0 unspecified atom stereocenters. The van der Waals surface area contributed by atoms with Gasteiger partial charge in [0, 0.05) is 25.0 Å². The average Bonchev–Trinajstić information content (AvgIpc) is 2.30. The molecule has 1 aromatic heterocycles. The van der Waals surface area contributed by atoms with Crippen molar-refractivity contribution in [2.75, 3.05) is 13.1 Å². The van der Waals surface area contributed by atoms with Crippen LogP contribution >= 0.6 is 0 Å². The second-order valence-electron chi connectivity index (χ2n) is 4.28. The number of rotatable bonds is 4. The van der Waals surface area contributed by atoms with E-state index in [1.807, 2.05) is 0 Å². The monoisotopic (exact) mass is 255 g/mol. The first kappa shape index (κ1) is 12.5. The van der Waals surface area contributed by atoms with Gasteiger partial charge >= 0.3 is 0 Å². The Morgan fingerprint density at radius 3 is 2.82 bits per heavy atom. The molecule has 1 fully saturated rings. The fraction of sp³-hybridized carbons (Fsp3) is 0.545. The molecular weight excluding hydrogens is 238 g/mol. The first-order valence-corrected chi connectivity index (χ1v) is 7.40. The van der Waals surface area contributed by atoms with Crippen LogP contribution in [0.1, 0.15) is 18.4 Å². The van der Waals surface area contributed by atoms with Crippen LogP contribution in [0.25, 0.3) is 0 Å². The zero-order chi connectivity index (χ0) is 12.1. The van der Waals surface area contributed by atoms with Gasteiger partial charge in [0.1, 0.15) is 0 Å². The molecule has 0 radical (unpaired) electrons. The molecule has 0 amide bonds. The highest BCUT2D eigenvalue weighted by atomic mass is 32.2. The van der Waals surface area contributed by atoms with E-state index in [1.54, 1.807) is 24.5 Å². The Balaban J connectivity index is 1.94. The molecule has 2 heterocycles. The van der Waals surface area contributed by atoms with E-state index in [4.69, 9.17) is 0 Å². The first-order chi connectivity index (χ1) is 8.16. The Kier molecular flexibility index (Phi) is 4.09. The number of sulfonamides is 1. The molecule has 0 saturated carbocycles. The summed E-state index contributed by atoms with van der Waals surface area (Å²) in [6, 6.07) is 3.46. The van der Waals surface area contributed by atoms with Gasteiger partial charge in [-0.25, -0.2) is 13.1 Å². The number of nitrogens with one attached hydrogen (secondary N) is 2. The summed E-state index contributed by atoms with van der Waals surface area (Å²) < 4.78 is 26.6. The van der Waals surface area contributed by atoms with Gasteiger partial charge in [0.15, 0.2) is 0 Å². The summed E-state index contributed by atoms with van der Waals surface area (Å²) in [5.41, 5.74) is 0.760. The van der Waals surface area contributed by atoms with Gasteiger partial charge in [-0.2, -0.15) is 0 Å². The maximum atomic E-state index is 11.9. The number of aromatic nitrogens is 1. The Bertz CT molecular complexity index is 441. The summed E-state index contributed by atoms with van der Waals surface area (Å²) in [5.74, 6) is 0.0199. The Labute approximate surface area is 102 Å². The third kappa shape index (κ3) is 4.07. The highest BCUT2D eigenvalue weighted by Gasteiger charge is 2.19. The Hall–Kier alpha value is -0.980. The van der Waals surface area contributed by atoms with Crippen LogP contribution in [0.2, 0.25) is 0 Å². The summed E-state index contributed by atoms with van der Waals surface area (Å²) in [6.07, 6.45) is 5.13. The Morgan fingerprint density at radius 2 is 2.18 bits per heavy atom. The highest BCUT2D eigenvalue weighted by molar-refractivity contribution is 7.88. The summed E-state index contributed by atoms with van der Waals surface area (Å²) >= 11 is 0. The summed E-state index contributed by atoms with van der Waals surface area (Å²) in [4.78, 5) is 3.87. The van der Waals surface area contributed by atoms with Gasteiger partial charge in [0.25, 0.3) is 0 Å². The number of hydrogen-bond acceptors (Lipinski definition) is 4. The van der Waals surface area contributed by atoms with Crippen molar-refractivity contribution in [1.82, 2.24) is 15.0 Å². The molecule has 2 rings (SSSR count). The van der Waals surface area contributed by atoms with Crippen LogP contribution in [-0.4, -0.2) is 32.5 Å². The van der Waals surface area contributed by atoms with Crippen molar-refractivity contribution in [1.29, 1.82) is 0 Å². The largest absolute Gasteiger partial charge is 0.315 e. The van der Waals surface area contributed by atoms with Gasteiger partial charge in [-0.15, -0.1) is 0 Å². The molecule has 17 heavy (non-hydrogen) atoms. The van der Waals surface area contributed by atoms with E-state index in [-0.39, 0.29) is 11.8 Å². The molecule has 1 aromatic rings. The normalized spacial score (nSPS) is 21.3. The summed E-state index contributed by atoms with van der Waals surface area (Å²) in [5, 5.41) is 3.18. The molecular formula is C11H17N3O2S. The van der Waals surface area contributed by atoms with Gasteiger partial charge < -0.3 is 5.32 Å². The number of hydrogen-bond donors (Lipinski definition) is 2. The quantitative estimate of drug-likeness (QED) is 0.809. The van der Waals surface area contributed by atoms with Gasteiger partial charge in [-0.1, -0.05) is 0 Å². The SMILES string of the molecule is O=S(=O)(Cc1ccncc1)N[C@H]1CCCNC1. The second-order valence-corrected chi connectivity index (χ2v) is 6.03. The van der Waals surface area contributed by atoms with Gasteiger partial charge in [0.2, 0.25) is 10.0 Å². The van der Waals surface area contributed by atoms with Crippen molar-refractivity contribution in [2.45, 2.75) is 24.6 Å². The Morgan fingerprint density at radius 1 is 1.41 bits per heavy atom. The molecule has 0 aromatic carbocycles. The van der Waals surface area contributed by atoms with Crippen LogP contribution in [0, 0.1) is 0 Å². The van der Waals surface area contributed by atoms with Crippen LogP contribution in [-0.2, 0) is 15.8 Å². The standard InChI is InChI=1S/C11H17N3O2S/c15-17(16,9-10-3-6-12-7-4-10)14-11-2-1-5-13-8-11/h3-4,6-7,11,13-14H,1-2,5,8-9H2/t11-/m0/s1. The van der Waals surface area contributed by atoms with Crippen molar-refractivity contribution in [3.8, 4) is 0 Å². The molecule has 1 atom stereocenters. The molecule has 5 nitrogen and oxygen atoms in total. The van der Waals surface area contributed by atoms with Gasteiger partial charge in [-0.3, -0.25) is 4.98 Å². The van der Waals surface area contributed by atoms with Crippen molar-refractivity contribution >= 4 is 10.0 Å². The number of pyridine rings is 1. The van der Waals surface area contributed by atoms with E-state index in [0.29, 0.717) is 0 Å². The number of piperidine rings is 1. The van der Waals surface area contributed by atoms with Gasteiger partial charge in [-0.05, 0) is 37.1 Å². The van der Waals surface area contributed by atoms with E-state index in [2.05, 4.69) is 15.0 Å². The molecule has 6 heteroatoms. The van der Waals surface area contributed by atoms with E-state index >= 15 is 0 Å². The third-order valence-corrected chi connectivity index (χ3v) is 4.15. The van der Waals surface area contributed by atoms with Crippen LogP contribution in [0.15, 0.2) is 24.5 Å². The van der Waals surface area contributed by atoms with Crippen LogP contribution in [0.3, 0.4) is 0 Å². The van der Waals surface area contributed by atoms with Crippen molar-refractivity contribution < 1.29 is 8.42 Å². The molecule has 1 saturated heterocycles. The predicted octanol–water partition coefficient (Wildman–Crippen LogP) is 0.253. The predicted molar refractivity (Wildman–Crippen MR) is 65.9 cm³/mol. The second kappa shape index (κ2) is 5.57. The average molecular weight is 255 g/mol. The van der Waals surface area contributed by atoms with E-state index in [0.717, 1.165) is 31.5 Å². The molecule has 0 aliphatic carbocycles. The maximum Gasteiger partial charge on any atom is 0.216 e. The lowest BCUT2D eigenvalue weighted by Crippen LogP contribution is -2.45. The zero-order valence-corrected chi connectivity index (χ0v) is 10.4. The molecule has 2 N–H and O–H groups in total. The molecule has 0 spiro atoms. The summed E-state index contributed by atoms with van der Waals surface area (Å²) in [7, 11) is -3.25. The minimum Gasteiger partial charge on any atom is -0.315 e. The maximum absolute atomic E-state index is 11.9. The lowest BCUT2D eigenvalue weighted by molar-refractivity contribution is 0.428. The van der Waals surface area contributed by atoms with Crippen molar-refractivity contribution in [3.63, 3.8) is 0 Å². The van der Waals surface area contributed by atoms with E-state index < -0.39 is 10.0 Å². The topological polar surface area (TPSA) is 71.1 Å². The van der Waals surface area contributed by atoms with Crippen molar-refractivity contribution in [3.05, 3.63) is 30.1 Å². The van der Waals surface area contributed by atoms with Crippen molar-refractivity contribution in [2.24, 2.45) is 0 Å². The van der Waals surface area contributed by atoms with Crippen LogP contribution in [0.4, 0.5) is 0 Å². The fourth-order valence-corrected chi connectivity index (χ4v) is 3.37.